The second kappa shape index (κ2) is 6.34. The molecule has 21 heavy (non-hydrogen) atoms. The number of hydrogen-bond acceptors (Lipinski definition) is 5. The average Bonchev–Trinajstić information content (AvgIpc) is 2.95. The first-order chi connectivity index (χ1) is 9.74. The summed E-state index contributed by atoms with van der Waals surface area (Å²) >= 11 is 1.46. The van der Waals surface area contributed by atoms with Crippen LogP contribution < -0.4 is 10.0 Å². The first-order valence-electron chi connectivity index (χ1n) is 7.20. The zero-order valence-corrected chi connectivity index (χ0v) is 14.6. The summed E-state index contributed by atoms with van der Waals surface area (Å²) in [5.74, 6) is 0. The van der Waals surface area contributed by atoms with Crippen LogP contribution in [0, 0.1) is 0 Å². The Balaban J connectivity index is 2.18. The van der Waals surface area contributed by atoms with Gasteiger partial charge < -0.3 is 10.1 Å². The Labute approximate surface area is 131 Å². The van der Waals surface area contributed by atoms with Gasteiger partial charge in [-0.15, -0.1) is 11.3 Å². The Kier molecular flexibility index (Phi) is 5.10. The highest BCUT2D eigenvalue weighted by atomic mass is 32.2. The third-order valence-electron chi connectivity index (χ3n) is 3.92. The van der Waals surface area contributed by atoms with Crippen LogP contribution in [-0.4, -0.2) is 32.7 Å². The quantitative estimate of drug-likeness (QED) is 0.837. The maximum Gasteiger partial charge on any atom is 0.242 e. The van der Waals surface area contributed by atoms with E-state index in [-0.39, 0.29) is 6.10 Å². The van der Waals surface area contributed by atoms with Crippen molar-refractivity contribution in [2.75, 3.05) is 6.61 Å². The molecule has 5 nitrogen and oxygen atoms in total. The molecule has 2 N–H and O–H groups in total. The van der Waals surface area contributed by atoms with Crippen molar-refractivity contribution in [1.29, 1.82) is 0 Å². The molecule has 0 aromatic carbocycles. The van der Waals surface area contributed by atoms with E-state index in [0.29, 0.717) is 30.5 Å². The maximum absolute atomic E-state index is 12.7. The number of nitrogens with one attached hydrogen (secondary N) is 2. The van der Waals surface area contributed by atoms with E-state index in [0.717, 1.165) is 4.88 Å². The largest absolute Gasteiger partial charge is 0.376 e. The second-order valence-corrected chi connectivity index (χ2v) is 8.68. The van der Waals surface area contributed by atoms with Gasteiger partial charge >= 0.3 is 0 Å². The van der Waals surface area contributed by atoms with Crippen molar-refractivity contribution >= 4 is 21.4 Å². The van der Waals surface area contributed by atoms with Gasteiger partial charge in [0.25, 0.3) is 0 Å². The van der Waals surface area contributed by atoms with E-state index in [1.54, 1.807) is 6.07 Å². The van der Waals surface area contributed by atoms with E-state index >= 15 is 0 Å². The topological polar surface area (TPSA) is 67.4 Å². The van der Waals surface area contributed by atoms with Crippen molar-refractivity contribution in [2.45, 2.75) is 63.2 Å². The molecule has 1 aliphatic heterocycles. The van der Waals surface area contributed by atoms with Crippen LogP contribution in [0.4, 0.5) is 0 Å². The van der Waals surface area contributed by atoms with E-state index < -0.39 is 15.6 Å². The standard InChI is InChI=1S/C14H24N2O3S2/c1-10(2)15-9-12-13(5-8-20-12)21(17,18)16-14(4)6-7-19-11(14)3/h5,8,10-11,15-16H,6-7,9H2,1-4H3. The first kappa shape index (κ1) is 16.9. The summed E-state index contributed by atoms with van der Waals surface area (Å²) in [7, 11) is -3.53. The van der Waals surface area contributed by atoms with E-state index in [9.17, 15) is 8.42 Å². The van der Waals surface area contributed by atoms with Gasteiger partial charge in [0.1, 0.15) is 0 Å². The fourth-order valence-electron chi connectivity index (χ4n) is 2.32. The van der Waals surface area contributed by atoms with Gasteiger partial charge in [0.2, 0.25) is 10.0 Å². The fraction of sp³-hybridized carbons (Fsp3) is 0.714. The Morgan fingerprint density at radius 1 is 1.52 bits per heavy atom. The average molecular weight is 332 g/mol. The summed E-state index contributed by atoms with van der Waals surface area (Å²) in [5, 5.41) is 5.09. The number of ether oxygens (including phenoxy) is 1. The predicted molar refractivity (Wildman–Crippen MR) is 85.1 cm³/mol. The number of sulfonamides is 1. The maximum atomic E-state index is 12.7. The van der Waals surface area contributed by atoms with Crippen LogP contribution in [0.1, 0.15) is 39.0 Å². The molecule has 120 valence electrons. The van der Waals surface area contributed by atoms with Gasteiger partial charge in [-0.25, -0.2) is 13.1 Å². The van der Waals surface area contributed by atoms with Gasteiger partial charge in [-0.1, -0.05) is 13.8 Å². The van der Waals surface area contributed by atoms with Crippen LogP contribution in [0.3, 0.4) is 0 Å². The summed E-state index contributed by atoms with van der Waals surface area (Å²) in [6, 6.07) is 1.99. The molecule has 1 saturated heterocycles. The SMILES string of the molecule is CC(C)NCc1sccc1S(=O)(=O)NC1(C)CCOC1C. The van der Waals surface area contributed by atoms with Crippen LogP contribution in [0.5, 0.6) is 0 Å². The molecule has 0 amide bonds. The monoisotopic (exact) mass is 332 g/mol. The van der Waals surface area contributed by atoms with Crippen molar-refractivity contribution < 1.29 is 13.2 Å². The van der Waals surface area contributed by atoms with E-state index in [4.69, 9.17) is 4.74 Å². The summed E-state index contributed by atoms with van der Waals surface area (Å²) < 4.78 is 33.7. The molecular formula is C14H24N2O3S2. The molecule has 0 radical (unpaired) electrons. The van der Waals surface area contributed by atoms with E-state index in [1.807, 2.05) is 33.1 Å². The number of rotatable bonds is 6. The number of hydrogen-bond donors (Lipinski definition) is 2. The summed E-state index contributed by atoms with van der Waals surface area (Å²) in [4.78, 5) is 1.22. The summed E-state index contributed by atoms with van der Waals surface area (Å²) in [5.41, 5.74) is -0.538. The molecule has 1 fully saturated rings. The van der Waals surface area contributed by atoms with Crippen molar-refractivity contribution in [1.82, 2.24) is 10.0 Å². The van der Waals surface area contributed by atoms with Crippen LogP contribution in [0.25, 0.3) is 0 Å². The molecule has 0 bridgehead atoms. The molecule has 2 heterocycles. The Morgan fingerprint density at radius 3 is 2.81 bits per heavy atom. The zero-order valence-electron chi connectivity index (χ0n) is 13.0. The minimum atomic E-state index is -3.53. The smallest absolute Gasteiger partial charge is 0.242 e. The van der Waals surface area contributed by atoms with Crippen LogP contribution in [0.2, 0.25) is 0 Å². The lowest BCUT2D eigenvalue weighted by atomic mass is 9.97. The molecule has 7 heteroatoms. The molecule has 2 atom stereocenters. The van der Waals surface area contributed by atoms with Crippen molar-refractivity contribution in [3.05, 3.63) is 16.3 Å². The second-order valence-electron chi connectivity index (χ2n) is 6.03. The van der Waals surface area contributed by atoms with Gasteiger partial charge in [-0.3, -0.25) is 0 Å². The molecule has 0 saturated carbocycles. The zero-order chi connectivity index (χ0) is 15.7. The third kappa shape index (κ3) is 3.84. The van der Waals surface area contributed by atoms with E-state index in [1.165, 1.54) is 11.3 Å². The van der Waals surface area contributed by atoms with Gasteiger partial charge in [-0.2, -0.15) is 0 Å². The summed E-state index contributed by atoms with van der Waals surface area (Å²) in [6.07, 6.45) is 0.569. The molecule has 1 aromatic rings. The van der Waals surface area contributed by atoms with Crippen LogP contribution >= 0.6 is 11.3 Å². The molecule has 2 unspecified atom stereocenters. The highest BCUT2D eigenvalue weighted by molar-refractivity contribution is 7.89. The minimum Gasteiger partial charge on any atom is -0.376 e. The van der Waals surface area contributed by atoms with Crippen molar-refractivity contribution in [3.8, 4) is 0 Å². The highest BCUT2D eigenvalue weighted by Gasteiger charge is 2.41. The lowest BCUT2D eigenvalue weighted by Crippen LogP contribution is -2.50. The van der Waals surface area contributed by atoms with Crippen LogP contribution in [0.15, 0.2) is 16.3 Å². The Bertz CT molecular complexity index is 583. The van der Waals surface area contributed by atoms with Crippen molar-refractivity contribution in [3.63, 3.8) is 0 Å². The Hall–Kier alpha value is -0.470. The molecule has 1 aromatic heterocycles. The lowest BCUT2D eigenvalue weighted by Gasteiger charge is -2.28. The minimum absolute atomic E-state index is 0.122. The Morgan fingerprint density at radius 2 is 2.24 bits per heavy atom. The first-order valence-corrected chi connectivity index (χ1v) is 9.56. The highest BCUT2D eigenvalue weighted by Crippen LogP contribution is 2.29. The number of thiophene rings is 1. The lowest BCUT2D eigenvalue weighted by molar-refractivity contribution is 0.0957. The van der Waals surface area contributed by atoms with Gasteiger partial charge in [0, 0.05) is 24.1 Å². The molecule has 0 aliphatic carbocycles. The normalized spacial score (nSPS) is 26.6. The fourth-order valence-corrected chi connectivity index (χ4v) is 5.21. The van der Waals surface area contributed by atoms with Gasteiger partial charge in [0.05, 0.1) is 16.5 Å². The molecular weight excluding hydrogens is 308 g/mol. The van der Waals surface area contributed by atoms with Gasteiger partial charge in [0.15, 0.2) is 0 Å². The molecule has 0 spiro atoms. The van der Waals surface area contributed by atoms with Gasteiger partial charge in [-0.05, 0) is 31.7 Å². The molecule has 2 rings (SSSR count). The molecule has 1 aliphatic rings. The van der Waals surface area contributed by atoms with Crippen molar-refractivity contribution in [2.24, 2.45) is 0 Å². The van der Waals surface area contributed by atoms with Crippen LogP contribution in [-0.2, 0) is 21.3 Å². The van der Waals surface area contributed by atoms with E-state index in [2.05, 4.69) is 10.0 Å². The predicted octanol–water partition coefficient (Wildman–Crippen LogP) is 2.09. The third-order valence-corrected chi connectivity index (χ3v) is 6.67. The summed E-state index contributed by atoms with van der Waals surface area (Å²) in [6.45, 7) is 9.04.